The van der Waals surface area contributed by atoms with Gasteiger partial charge in [0, 0.05) is 24.4 Å². The number of ether oxygens (including phenoxy) is 1. The molecule has 5 nitrogen and oxygen atoms in total. The van der Waals surface area contributed by atoms with Crippen molar-refractivity contribution in [3.8, 4) is 5.75 Å². The van der Waals surface area contributed by atoms with Crippen LogP contribution < -0.4 is 15.0 Å². The number of carbonyl (C=O) groups excluding carboxylic acids is 2. The molecule has 2 rings (SSSR count). The number of alkyl halides is 3. The molecule has 1 atom stereocenters. The first-order chi connectivity index (χ1) is 11.8. The molecular formula is C17H17F3N2O3. The minimum Gasteiger partial charge on any atom is -0.406 e. The first-order valence-electron chi connectivity index (χ1n) is 7.57. The van der Waals surface area contributed by atoms with Crippen molar-refractivity contribution in [2.24, 2.45) is 0 Å². The smallest absolute Gasteiger partial charge is 0.406 e. The molecule has 1 aliphatic rings. The quantitative estimate of drug-likeness (QED) is 0.653. The molecular weight excluding hydrogens is 337 g/mol. The molecule has 1 fully saturated rings. The largest absolute Gasteiger partial charge is 0.573 e. The van der Waals surface area contributed by atoms with Gasteiger partial charge >= 0.3 is 6.36 Å². The van der Waals surface area contributed by atoms with E-state index in [2.05, 4.69) is 10.1 Å². The molecule has 2 amide bonds. The third-order valence-corrected chi connectivity index (χ3v) is 3.44. The third kappa shape index (κ3) is 5.37. The molecule has 0 saturated carbocycles. The lowest BCUT2D eigenvalue weighted by molar-refractivity contribution is -0.274. The SMILES string of the molecule is C/C=C/C=CC(=O)NC1CCN(c2cccc(OC(F)(F)F)c2)C1=O. The average Bonchev–Trinajstić information content (AvgIpc) is 2.87. The first-order valence-corrected chi connectivity index (χ1v) is 7.57. The number of nitrogens with one attached hydrogen (secondary N) is 1. The van der Waals surface area contributed by atoms with Gasteiger partial charge in [0.1, 0.15) is 11.8 Å². The highest BCUT2D eigenvalue weighted by atomic mass is 19.4. The number of hydrogen-bond acceptors (Lipinski definition) is 3. The molecule has 134 valence electrons. The van der Waals surface area contributed by atoms with Crippen molar-refractivity contribution in [1.29, 1.82) is 0 Å². The van der Waals surface area contributed by atoms with Gasteiger partial charge in [-0.2, -0.15) is 0 Å². The van der Waals surface area contributed by atoms with E-state index in [1.165, 1.54) is 23.1 Å². The Morgan fingerprint density at radius 2 is 2.12 bits per heavy atom. The topological polar surface area (TPSA) is 58.6 Å². The van der Waals surface area contributed by atoms with Crippen LogP contribution in [0.15, 0.2) is 48.6 Å². The molecule has 1 N–H and O–H groups in total. The molecule has 0 aromatic heterocycles. The van der Waals surface area contributed by atoms with Gasteiger partial charge in [0.15, 0.2) is 0 Å². The molecule has 0 aliphatic carbocycles. The van der Waals surface area contributed by atoms with Crippen molar-refractivity contribution in [3.63, 3.8) is 0 Å². The zero-order valence-electron chi connectivity index (χ0n) is 13.4. The Balaban J connectivity index is 2.04. The number of allylic oxidation sites excluding steroid dienone is 3. The lowest BCUT2D eigenvalue weighted by atomic mass is 10.2. The van der Waals surface area contributed by atoms with Crippen molar-refractivity contribution < 1.29 is 27.5 Å². The van der Waals surface area contributed by atoms with Crippen LogP contribution in [0.4, 0.5) is 18.9 Å². The summed E-state index contributed by atoms with van der Waals surface area (Å²) in [6.45, 7) is 2.09. The Bertz CT molecular complexity index is 699. The average molecular weight is 354 g/mol. The summed E-state index contributed by atoms with van der Waals surface area (Å²) < 4.78 is 40.8. The summed E-state index contributed by atoms with van der Waals surface area (Å²) >= 11 is 0. The lowest BCUT2D eigenvalue weighted by Gasteiger charge is -2.18. The predicted octanol–water partition coefficient (Wildman–Crippen LogP) is 2.94. The van der Waals surface area contributed by atoms with E-state index in [1.807, 2.05) is 0 Å². The number of anilines is 1. The third-order valence-electron chi connectivity index (χ3n) is 3.44. The van der Waals surface area contributed by atoms with Crippen molar-refractivity contribution >= 4 is 17.5 Å². The van der Waals surface area contributed by atoms with Crippen LogP contribution in [-0.4, -0.2) is 30.8 Å². The van der Waals surface area contributed by atoms with Crippen LogP contribution >= 0.6 is 0 Å². The van der Waals surface area contributed by atoms with Crippen LogP contribution in [0.5, 0.6) is 5.75 Å². The maximum Gasteiger partial charge on any atom is 0.573 e. The fourth-order valence-corrected chi connectivity index (χ4v) is 2.39. The fraction of sp³-hybridized carbons (Fsp3) is 0.294. The zero-order chi connectivity index (χ0) is 18.4. The van der Waals surface area contributed by atoms with E-state index in [0.29, 0.717) is 6.42 Å². The molecule has 0 spiro atoms. The van der Waals surface area contributed by atoms with Gasteiger partial charge in [-0.15, -0.1) is 13.2 Å². The van der Waals surface area contributed by atoms with Crippen LogP contribution in [0.25, 0.3) is 0 Å². The number of benzene rings is 1. The fourth-order valence-electron chi connectivity index (χ4n) is 2.39. The Morgan fingerprint density at radius 1 is 1.36 bits per heavy atom. The van der Waals surface area contributed by atoms with Crippen molar-refractivity contribution in [2.75, 3.05) is 11.4 Å². The van der Waals surface area contributed by atoms with Gasteiger partial charge in [0.25, 0.3) is 0 Å². The summed E-state index contributed by atoms with van der Waals surface area (Å²) in [5, 5.41) is 2.58. The number of amides is 2. The second-order valence-corrected chi connectivity index (χ2v) is 5.27. The maximum atomic E-state index is 12.4. The molecule has 1 heterocycles. The summed E-state index contributed by atoms with van der Waals surface area (Å²) in [5.41, 5.74) is 0.285. The highest BCUT2D eigenvalue weighted by molar-refractivity contribution is 6.02. The summed E-state index contributed by atoms with van der Waals surface area (Å²) in [4.78, 5) is 25.4. The molecule has 0 radical (unpaired) electrons. The summed E-state index contributed by atoms with van der Waals surface area (Å²) in [6, 6.07) is 4.46. The number of carbonyl (C=O) groups is 2. The highest BCUT2D eigenvalue weighted by Crippen LogP contribution is 2.29. The molecule has 0 bridgehead atoms. The Hall–Kier alpha value is -2.77. The lowest BCUT2D eigenvalue weighted by Crippen LogP contribution is -2.40. The van der Waals surface area contributed by atoms with Crippen LogP contribution in [0, 0.1) is 0 Å². The summed E-state index contributed by atoms with van der Waals surface area (Å²) in [7, 11) is 0. The van der Waals surface area contributed by atoms with Crippen LogP contribution in [0.2, 0.25) is 0 Å². The van der Waals surface area contributed by atoms with E-state index in [0.717, 1.165) is 12.1 Å². The van der Waals surface area contributed by atoms with Crippen molar-refractivity contribution in [3.05, 3.63) is 48.6 Å². The molecule has 1 saturated heterocycles. The van der Waals surface area contributed by atoms with Gasteiger partial charge in [-0.25, -0.2) is 0 Å². The summed E-state index contributed by atoms with van der Waals surface area (Å²) in [5.74, 6) is -1.19. The minimum absolute atomic E-state index is 0.285. The van der Waals surface area contributed by atoms with Gasteiger partial charge in [-0.05, 0) is 25.5 Å². The number of halogens is 3. The van der Waals surface area contributed by atoms with E-state index in [1.54, 1.807) is 25.2 Å². The molecule has 25 heavy (non-hydrogen) atoms. The van der Waals surface area contributed by atoms with Gasteiger partial charge < -0.3 is 15.0 Å². The minimum atomic E-state index is -4.80. The standard InChI is InChI=1S/C17H17F3N2O3/c1-2-3-4-8-15(23)21-14-9-10-22(16(14)24)12-6-5-7-13(11-12)25-17(18,19)20/h2-8,11,14H,9-10H2,1H3,(H,21,23)/b3-2+,8-4?. The number of nitrogens with zero attached hydrogens (tertiary/aromatic N) is 1. The maximum absolute atomic E-state index is 12.4. The van der Waals surface area contributed by atoms with Crippen LogP contribution in [0.1, 0.15) is 13.3 Å². The second kappa shape index (κ2) is 7.87. The first kappa shape index (κ1) is 18.6. The van der Waals surface area contributed by atoms with E-state index >= 15 is 0 Å². The van der Waals surface area contributed by atoms with Crippen molar-refractivity contribution in [1.82, 2.24) is 5.32 Å². The molecule has 1 aliphatic heterocycles. The number of rotatable bonds is 5. The molecule has 1 aromatic rings. The molecule has 1 aromatic carbocycles. The van der Waals surface area contributed by atoms with Gasteiger partial charge in [0.05, 0.1) is 0 Å². The van der Waals surface area contributed by atoms with E-state index in [4.69, 9.17) is 0 Å². The van der Waals surface area contributed by atoms with Gasteiger partial charge in [0.2, 0.25) is 11.8 Å². The van der Waals surface area contributed by atoms with Gasteiger partial charge in [-0.1, -0.05) is 24.3 Å². The normalized spacial score (nSPS) is 18.3. The van der Waals surface area contributed by atoms with Crippen LogP contribution in [0.3, 0.4) is 0 Å². The van der Waals surface area contributed by atoms with E-state index in [-0.39, 0.29) is 18.1 Å². The Kier molecular flexibility index (Phi) is 5.84. The Labute approximate surface area is 142 Å². The van der Waals surface area contributed by atoms with E-state index < -0.39 is 24.1 Å². The molecule has 8 heteroatoms. The summed E-state index contributed by atoms with van der Waals surface area (Å²) in [6.07, 6.45) is 1.84. The Morgan fingerprint density at radius 3 is 2.80 bits per heavy atom. The van der Waals surface area contributed by atoms with Crippen molar-refractivity contribution in [2.45, 2.75) is 25.7 Å². The predicted molar refractivity (Wildman–Crippen MR) is 86.0 cm³/mol. The zero-order valence-corrected chi connectivity index (χ0v) is 13.4. The van der Waals surface area contributed by atoms with Gasteiger partial charge in [-0.3, -0.25) is 9.59 Å². The monoisotopic (exact) mass is 354 g/mol. The second-order valence-electron chi connectivity index (χ2n) is 5.27. The van der Waals surface area contributed by atoms with E-state index in [9.17, 15) is 22.8 Å². The molecule has 1 unspecified atom stereocenters. The van der Waals surface area contributed by atoms with Crippen LogP contribution in [-0.2, 0) is 9.59 Å². The number of hydrogen-bond donors (Lipinski definition) is 1. The highest BCUT2D eigenvalue weighted by Gasteiger charge is 2.34.